The van der Waals surface area contributed by atoms with Crippen LogP contribution in [0.1, 0.15) is 73.1 Å². The summed E-state index contributed by atoms with van der Waals surface area (Å²) >= 11 is 0. The Bertz CT molecular complexity index is 445. The number of rotatable bonds is 4. The molecule has 1 unspecified atom stereocenters. The molecule has 3 nitrogen and oxygen atoms in total. The van der Waals surface area contributed by atoms with Gasteiger partial charge >= 0.3 is 0 Å². The molecule has 1 saturated heterocycles. The van der Waals surface area contributed by atoms with E-state index in [1.54, 1.807) is 0 Å². The van der Waals surface area contributed by atoms with Crippen LogP contribution in [0.15, 0.2) is 0 Å². The van der Waals surface area contributed by atoms with Gasteiger partial charge in [0.05, 0.1) is 5.41 Å². The Morgan fingerprint density at radius 3 is 2.17 bits per heavy atom. The van der Waals surface area contributed by atoms with Crippen LogP contribution >= 0.6 is 0 Å². The summed E-state index contributed by atoms with van der Waals surface area (Å²) in [6.45, 7) is 17.3. The molecular formula is C20H39NO2Si. The minimum atomic E-state index is -1.76. The fourth-order valence-corrected chi connectivity index (χ4v) is 4.82. The second-order valence-electron chi connectivity index (χ2n) is 10.1. The van der Waals surface area contributed by atoms with Gasteiger partial charge in [-0.25, -0.2) is 0 Å². The molecule has 0 radical (unpaired) electrons. The predicted molar refractivity (Wildman–Crippen MR) is 104 cm³/mol. The first-order valence-corrected chi connectivity index (χ1v) is 12.8. The van der Waals surface area contributed by atoms with E-state index in [2.05, 4.69) is 52.6 Å². The van der Waals surface area contributed by atoms with Gasteiger partial charge in [0, 0.05) is 25.1 Å². The van der Waals surface area contributed by atoms with E-state index in [4.69, 9.17) is 4.43 Å². The average Bonchev–Trinajstić information content (AvgIpc) is 2.66. The van der Waals surface area contributed by atoms with Crippen molar-refractivity contribution in [2.75, 3.05) is 13.2 Å². The summed E-state index contributed by atoms with van der Waals surface area (Å²) in [6.07, 6.45) is 7.61. The number of likely N-dealkylation sites (tertiary alicyclic amines) is 1. The first-order valence-electron chi connectivity index (χ1n) is 9.92. The van der Waals surface area contributed by atoms with Crippen molar-refractivity contribution in [3.8, 4) is 0 Å². The van der Waals surface area contributed by atoms with E-state index >= 15 is 0 Å². The zero-order valence-electron chi connectivity index (χ0n) is 17.1. The number of carbonyl (C=O) groups is 1. The standard InChI is InChI=1S/C20H39NO2Si/c1-19(2,3)24(6,7)23-15-16-14-21(18(22)20(16,4)5)17-12-10-8-9-11-13-17/h16-17H,8-15H2,1-7H3. The number of hydrogen-bond donors (Lipinski definition) is 0. The van der Waals surface area contributed by atoms with E-state index in [0.29, 0.717) is 17.9 Å². The molecule has 140 valence electrons. The second kappa shape index (κ2) is 7.11. The van der Waals surface area contributed by atoms with Crippen LogP contribution in [0.25, 0.3) is 0 Å². The molecule has 1 aliphatic carbocycles. The van der Waals surface area contributed by atoms with Crippen molar-refractivity contribution in [2.24, 2.45) is 11.3 Å². The van der Waals surface area contributed by atoms with Crippen molar-refractivity contribution in [3.63, 3.8) is 0 Å². The fourth-order valence-electron chi connectivity index (χ4n) is 3.76. The van der Waals surface area contributed by atoms with Crippen LogP contribution < -0.4 is 0 Å². The number of amides is 1. The second-order valence-corrected chi connectivity index (χ2v) is 14.9. The zero-order chi connectivity index (χ0) is 18.2. The van der Waals surface area contributed by atoms with Gasteiger partial charge in [0.1, 0.15) is 0 Å². The van der Waals surface area contributed by atoms with E-state index in [9.17, 15) is 4.79 Å². The van der Waals surface area contributed by atoms with Gasteiger partial charge in [0.15, 0.2) is 8.32 Å². The number of carbonyl (C=O) groups excluding carboxylic acids is 1. The van der Waals surface area contributed by atoms with E-state index in [1.807, 2.05) is 0 Å². The normalized spacial score (nSPS) is 26.7. The Morgan fingerprint density at radius 2 is 1.67 bits per heavy atom. The number of nitrogens with zero attached hydrogens (tertiary/aromatic N) is 1. The van der Waals surface area contributed by atoms with Crippen molar-refractivity contribution in [2.45, 2.75) is 97.3 Å². The molecule has 4 heteroatoms. The van der Waals surface area contributed by atoms with Crippen molar-refractivity contribution < 1.29 is 9.22 Å². The van der Waals surface area contributed by atoms with Crippen LogP contribution in [-0.4, -0.2) is 38.3 Å². The van der Waals surface area contributed by atoms with Gasteiger partial charge in [-0.3, -0.25) is 4.79 Å². The number of hydrogen-bond acceptors (Lipinski definition) is 2. The molecule has 0 aromatic carbocycles. The average molecular weight is 354 g/mol. The van der Waals surface area contributed by atoms with Crippen molar-refractivity contribution in [3.05, 3.63) is 0 Å². The summed E-state index contributed by atoms with van der Waals surface area (Å²) in [7, 11) is -1.76. The predicted octanol–water partition coefficient (Wildman–Crippen LogP) is 5.22. The van der Waals surface area contributed by atoms with Gasteiger partial charge in [0.2, 0.25) is 5.91 Å². The topological polar surface area (TPSA) is 29.5 Å². The maximum absolute atomic E-state index is 13.1. The molecule has 2 rings (SSSR count). The van der Waals surface area contributed by atoms with Crippen molar-refractivity contribution in [1.82, 2.24) is 4.90 Å². The van der Waals surface area contributed by atoms with E-state index in [0.717, 1.165) is 13.2 Å². The highest BCUT2D eigenvalue weighted by Crippen LogP contribution is 2.42. The van der Waals surface area contributed by atoms with Gasteiger partial charge in [-0.2, -0.15) is 0 Å². The highest BCUT2D eigenvalue weighted by molar-refractivity contribution is 6.74. The third-order valence-electron chi connectivity index (χ3n) is 6.97. The van der Waals surface area contributed by atoms with Crippen LogP contribution in [0.2, 0.25) is 18.1 Å². The van der Waals surface area contributed by atoms with Crippen LogP contribution in [0, 0.1) is 11.3 Å². The van der Waals surface area contributed by atoms with Gasteiger partial charge in [-0.05, 0) is 31.0 Å². The van der Waals surface area contributed by atoms with Crippen LogP contribution in [-0.2, 0) is 9.22 Å². The third kappa shape index (κ3) is 4.06. The summed E-state index contributed by atoms with van der Waals surface area (Å²) < 4.78 is 6.48. The summed E-state index contributed by atoms with van der Waals surface area (Å²) in [4.78, 5) is 15.3. The van der Waals surface area contributed by atoms with Crippen molar-refractivity contribution in [1.29, 1.82) is 0 Å². The molecule has 1 heterocycles. The van der Waals surface area contributed by atoms with Gasteiger partial charge in [0.25, 0.3) is 0 Å². The molecule has 0 bridgehead atoms. The molecule has 24 heavy (non-hydrogen) atoms. The van der Waals surface area contributed by atoms with Crippen molar-refractivity contribution >= 4 is 14.2 Å². The summed E-state index contributed by atoms with van der Waals surface area (Å²) in [5.74, 6) is 0.681. The maximum atomic E-state index is 13.1. The van der Waals surface area contributed by atoms with Crippen LogP contribution in [0.3, 0.4) is 0 Å². The lowest BCUT2D eigenvalue weighted by atomic mass is 9.82. The Labute approximate surface area is 150 Å². The van der Waals surface area contributed by atoms with Gasteiger partial charge in [-0.1, -0.05) is 60.3 Å². The fraction of sp³-hybridized carbons (Fsp3) is 0.950. The monoisotopic (exact) mass is 353 g/mol. The van der Waals surface area contributed by atoms with Crippen LogP contribution in [0.5, 0.6) is 0 Å². The van der Waals surface area contributed by atoms with E-state index < -0.39 is 8.32 Å². The lowest BCUT2D eigenvalue weighted by Gasteiger charge is -2.38. The summed E-state index contributed by atoms with van der Waals surface area (Å²) in [5, 5.41) is 0.223. The Balaban J connectivity index is 2.04. The molecule has 1 saturated carbocycles. The lowest BCUT2D eigenvalue weighted by molar-refractivity contribution is -0.137. The van der Waals surface area contributed by atoms with Gasteiger partial charge < -0.3 is 9.33 Å². The molecule has 0 aromatic rings. The van der Waals surface area contributed by atoms with Gasteiger partial charge in [-0.15, -0.1) is 0 Å². The maximum Gasteiger partial charge on any atom is 0.228 e. The smallest absolute Gasteiger partial charge is 0.228 e. The molecule has 2 fully saturated rings. The third-order valence-corrected chi connectivity index (χ3v) is 11.5. The minimum absolute atomic E-state index is 0.223. The molecule has 2 aliphatic rings. The van der Waals surface area contributed by atoms with Crippen LogP contribution in [0.4, 0.5) is 0 Å². The largest absolute Gasteiger partial charge is 0.416 e. The molecule has 1 aliphatic heterocycles. The highest BCUT2D eigenvalue weighted by atomic mass is 28.4. The molecular weight excluding hydrogens is 314 g/mol. The Kier molecular flexibility index (Phi) is 5.91. The first-order chi connectivity index (χ1) is 11.0. The van der Waals surface area contributed by atoms with E-state index in [1.165, 1.54) is 38.5 Å². The Morgan fingerprint density at radius 1 is 1.12 bits per heavy atom. The summed E-state index contributed by atoms with van der Waals surface area (Å²) in [6, 6.07) is 0.470. The molecule has 1 atom stereocenters. The molecule has 1 amide bonds. The zero-order valence-corrected chi connectivity index (χ0v) is 18.1. The Hall–Kier alpha value is -0.353. The summed E-state index contributed by atoms with van der Waals surface area (Å²) in [5.41, 5.74) is -0.283. The van der Waals surface area contributed by atoms with E-state index in [-0.39, 0.29) is 10.5 Å². The molecule has 0 spiro atoms. The quantitative estimate of drug-likeness (QED) is 0.512. The first kappa shape index (κ1) is 20.0. The highest BCUT2D eigenvalue weighted by Gasteiger charge is 2.50. The minimum Gasteiger partial charge on any atom is -0.416 e. The molecule has 0 aromatic heterocycles. The lowest BCUT2D eigenvalue weighted by Crippen LogP contribution is -2.43. The molecule has 0 N–H and O–H groups in total. The SMILES string of the molecule is CC1(C)C(=O)N(C2CCCCCC2)CC1CO[Si](C)(C)C(C)(C)C.